The number of halogens is 1. The van der Waals surface area contributed by atoms with Gasteiger partial charge < -0.3 is 10.4 Å². The molecule has 0 aliphatic carbocycles. The first-order chi connectivity index (χ1) is 7.31. The molecule has 0 aromatic carbocycles. The van der Waals surface area contributed by atoms with Gasteiger partial charge in [-0.05, 0) is 23.7 Å². The fraction of sp³-hybridized carbons (Fsp3) is 0.222. The van der Waals surface area contributed by atoms with E-state index in [0.717, 1.165) is 0 Å². The maximum absolute atomic E-state index is 8.71. The Morgan fingerprint density at radius 3 is 3.07 bits per heavy atom. The fourth-order valence-electron chi connectivity index (χ4n) is 1.24. The van der Waals surface area contributed by atoms with Crippen molar-refractivity contribution in [2.45, 2.75) is 0 Å². The Balaban J connectivity index is 2.50. The molecular weight excluding hydrogens is 216 g/mol. The normalized spacial score (nSPS) is 10.5. The Hall–Kier alpha value is -1.46. The van der Waals surface area contributed by atoms with Crippen molar-refractivity contribution in [2.75, 3.05) is 18.5 Å². The van der Waals surface area contributed by atoms with Gasteiger partial charge in [0.1, 0.15) is 5.52 Å². The number of pyridine rings is 1. The van der Waals surface area contributed by atoms with Crippen LogP contribution in [0.2, 0.25) is 5.28 Å². The Morgan fingerprint density at radius 2 is 2.27 bits per heavy atom. The van der Waals surface area contributed by atoms with Crippen LogP contribution in [0.4, 0.5) is 5.82 Å². The van der Waals surface area contributed by atoms with Crippen LogP contribution < -0.4 is 5.32 Å². The van der Waals surface area contributed by atoms with E-state index in [2.05, 4.69) is 20.3 Å². The molecule has 78 valence electrons. The van der Waals surface area contributed by atoms with Crippen molar-refractivity contribution in [3.63, 3.8) is 0 Å². The summed E-state index contributed by atoms with van der Waals surface area (Å²) in [4.78, 5) is 12.2. The molecule has 0 saturated heterocycles. The van der Waals surface area contributed by atoms with Gasteiger partial charge in [0.15, 0.2) is 5.82 Å². The molecule has 0 fully saturated rings. The molecule has 5 nitrogen and oxygen atoms in total. The minimum Gasteiger partial charge on any atom is -0.395 e. The van der Waals surface area contributed by atoms with Crippen molar-refractivity contribution in [2.24, 2.45) is 0 Å². The second-order valence-electron chi connectivity index (χ2n) is 2.86. The predicted octanol–water partition coefficient (Wildman–Crippen LogP) is 1.08. The molecule has 0 saturated carbocycles. The molecule has 0 atom stereocenters. The number of anilines is 1. The van der Waals surface area contributed by atoms with E-state index >= 15 is 0 Å². The zero-order valence-corrected chi connectivity index (χ0v) is 8.57. The fourth-order valence-corrected chi connectivity index (χ4v) is 1.41. The van der Waals surface area contributed by atoms with E-state index in [0.29, 0.717) is 23.4 Å². The van der Waals surface area contributed by atoms with Gasteiger partial charge in [-0.1, -0.05) is 0 Å². The van der Waals surface area contributed by atoms with E-state index in [4.69, 9.17) is 16.7 Å². The predicted molar refractivity (Wildman–Crippen MR) is 57.9 cm³/mol. The average molecular weight is 225 g/mol. The largest absolute Gasteiger partial charge is 0.395 e. The third kappa shape index (κ3) is 2.14. The van der Waals surface area contributed by atoms with Crippen LogP contribution in [-0.4, -0.2) is 33.2 Å². The lowest BCUT2D eigenvalue weighted by Gasteiger charge is -2.06. The maximum Gasteiger partial charge on any atom is 0.225 e. The van der Waals surface area contributed by atoms with Crippen LogP contribution >= 0.6 is 11.6 Å². The van der Waals surface area contributed by atoms with Crippen molar-refractivity contribution < 1.29 is 5.11 Å². The Labute approximate surface area is 91.1 Å². The van der Waals surface area contributed by atoms with Crippen LogP contribution in [0.3, 0.4) is 0 Å². The SMILES string of the molecule is OCCNc1nc(Cl)nc2cccnc12. The zero-order chi connectivity index (χ0) is 10.7. The Bertz CT molecular complexity index is 477. The van der Waals surface area contributed by atoms with E-state index < -0.39 is 0 Å². The van der Waals surface area contributed by atoms with Crippen LogP contribution in [0.25, 0.3) is 11.0 Å². The average Bonchev–Trinajstić information content (AvgIpc) is 2.25. The van der Waals surface area contributed by atoms with Gasteiger partial charge in [-0.3, -0.25) is 4.98 Å². The molecule has 2 heterocycles. The Kier molecular flexibility index (Phi) is 2.94. The first kappa shape index (κ1) is 10.1. The van der Waals surface area contributed by atoms with E-state index in [1.54, 1.807) is 18.3 Å². The van der Waals surface area contributed by atoms with Gasteiger partial charge in [0.2, 0.25) is 5.28 Å². The molecule has 2 aromatic rings. The molecule has 0 unspecified atom stereocenters. The third-order valence-corrected chi connectivity index (χ3v) is 2.00. The highest BCUT2D eigenvalue weighted by molar-refractivity contribution is 6.28. The third-order valence-electron chi connectivity index (χ3n) is 1.83. The second-order valence-corrected chi connectivity index (χ2v) is 3.20. The molecule has 2 rings (SSSR count). The van der Waals surface area contributed by atoms with Crippen LogP contribution in [-0.2, 0) is 0 Å². The van der Waals surface area contributed by atoms with E-state index in [9.17, 15) is 0 Å². The molecule has 6 heteroatoms. The number of aromatic nitrogens is 3. The van der Waals surface area contributed by atoms with Gasteiger partial charge in [0.25, 0.3) is 0 Å². The monoisotopic (exact) mass is 224 g/mol. The number of hydrogen-bond donors (Lipinski definition) is 2. The minimum absolute atomic E-state index is 0.0238. The topological polar surface area (TPSA) is 70.9 Å². The summed E-state index contributed by atoms with van der Waals surface area (Å²) in [6, 6.07) is 3.58. The summed E-state index contributed by atoms with van der Waals surface area (Å²) in [6.45, 7) is 0.426. The maximum atomic E-state index is 8.71. The first-order valence-electron chi connectivity index (χ1n) is 4.44. The molecule has 2 N–H and O–H groups in total. The summed E-state index contributed by atoms with van der Waals surface area (Å²) in [6.07, 6.45) is 1.66. The highest BCUT2D eigenvalue weighted by Gasteiger charge is 2.06. The van der Waals surface area contributed by atoms with E-state index in [1.165, 1.54) is 0 Å². The smallest absolute Gasteiger partial charge is 0.225 e. The molecule has 0 aliphatic rings. The number of nitrogens with zero attached hydrogens (tertiary/aromatic N) is 3. The highest BCUT2D eigenvalue weighted by atomic mass is 35.5. The Morgan fingerprint density at radius 1 is 1.40 bits per heavy atom. The van der Waals surface area contributed by atoms with Crippen LogP contribution in [0.5, 0.6) is 0 Å². The summed E-state index contributed by atoms with van der Waals surface area (Å²) in [5, 5.41) is 11.8. The van der Waals surface area contributed by atoms with E-state index in [1.807, 2.05) is 0 Å². The first-order valence-corrected chi connectivity index (χ1v) is 4.82. The minimum atomic E-state index is 0.0238. The van der Waals surface area contributed by atoms with Crippen molar-refractivity contribution in [3.05, 3.63) is 23.6 Å². The van der Waals surface area contributed by atoms with Crippen molar-refractivity contribution >= 4 is 28.5 Å². The van der Waals surface area contributed by atoms with Gasteiger partial charge in [-0.15, -0.1) is 0 Å². The molecule has 0 aliphatic heterocycles. The molecule has 0 spiro atoms. The quantitative estimate of drug-likeness (QED) is 0.764. The number of fused-ring (bicyclic) bond motifs is 1. The summed E-state index contributed by atoms with van der Waals surface area (Å²) in [7, 11) is 0. The van der Waals surface area contributed by atoms with Gasteiger partial charge in [-0.25, -0.2) is 4.98 Å². The standard InChI is InChI=1S/C9H9ClN4O/c10-9-13-6-2-1-3-11-7(6)8(14-9)12-4-5-15/h1-3,15H,4-5H2,(H,12,13,14). The molecule has 0 amide bonds. The number of hydrogen-bond acceptors (Lipinski definition) is 5. The van der Waals surface area contributed by atoms with Crippen molar-refractivity contribution in [1.29, 1.82) is 0 Å². The van der Waals surface area contributed by atoms with Gasteiger partial charge >= 0.3 is 0 Å². The molecule has 0 radical (unpaired) electrons. The molecular formula is C9H9ClN4O. The number of rotatable bonds is 3. The highest BCUT2D eigenvalue weighted by Crippen LogP contribution is 2.18. The zero-order valence-electron chi connectivity index (χ0n) is 7.81. The van der Waals surface area contributed by atoms with Crippen molar-refractivity contribution in [3.8, 4) is 0 Å². The van der Waals surface area contributed by atoms with Gasteiger partial charge in [-0.2, -0.15) is 4.98 Å². The van der Waals surface area contributed by atoms with Gasteiger partial charge in [0.05, 0.1) is 12.1 Å². The van der Waals surface area contributed by atoms with Crippen LogP contribution in [0, 0.1) is 0 Å². The number of aliphatic hydroxyl groups excluding tert-OH is 1. The molecule has 2 aromatic heterocycles. The van der Waals surface area contributed by atoms with Crippen LogP contribution in [0.1, 0.15) is 0 Å². The molecule has 0 bridgehead atoms. The summed E-state index contributed by atoms with van der Waals surface area (Å²) >= 11 is 5.75. The van der Waals surface area contributed by atoms with Crippen LogP contribution in [0.15, 0.2) is 18.3 Å². The number of aliphatic hydroxyl groups is 1. The lowest BCUT2D eigenvalue weighted by atomic mass is 10.3. The lowest BCUT2D eigenvalue weighted by Crippen LogP contribution is -2.08. The number of nitrogens with one attached hydrogen (secondary N) is 1. The lowest BCUT2D eigenvalue weighted by molar-refractivity contribution is 0.311. The summed E-state index contributed by atoms with van der Waals surface area (Å²) in [5.41, 5.74) is 1.33. The summed E-state index contributed by atoms with van der Waals surface area (Å²) in [5.74, 6) is 0.541. The summed E-state index contributed by atoms with van der Waals surface area (Å²) < 4.78 is 0. The van der Waals surface area contributed by atoms with Gasteiger partial charge in [0, 0.05) is 12.7 Å². The molecule has 15 heavy (non-hydrogen) atoms. The van der Waals surface area contributed by atoms with Crippen molar-refractivity contribution in [1.82, 2.24) is 15.0 Å². The van der Waals surface area contributed by atoms with E-state index in [-0.39, 0.29) is 11.9 Å². The second kappa shape index (κ2) is 4.37.